The van der Waals surface area contributed by atoms with Crippen molar-refractivity contribution in [3.8, 4) is 5.75 Å². The molecule has 188 valence electrons. The van der Waals surface area contributed by atoms with E-state index in [9.17, 15) is 18.0 Å². The summed E-state index contributed by atoms with van der Waals surface area (Å²) < 4.78 is 41.4. The predicted octanol–water partition coefficient (Wildman–Crippen LogP) is 3.34. The molecule has 1 aromatic carbocycles. The van der Waals surface area contributed by atoms with E-state index >= 15 is 0 Å². The number of alkyl halides is 3. The first-order valence-corrected chi connectivity index (χ1v) is 11.4. The van der Waals surface area contributed by atoms with Crippen LogP contribution in [0.25, 0.3) is 0 Å². The number of hydrogen-bond donors (Lipinski definition) is 4. The minimum atomic E-state index is -4.80. The van der Waals surface area contributed by atoms with E-state index in [2.05, 4.69) is 49.7 Å². The summed E-state index contributed by atoms with van der Waals surface area (Å²) >= 11 is 0. The fourth-order valence-electron chi connectivity index (χ4n) is 3.76. The Morgan fingerprint density at radius 3 is 2.73 bits per heavy atom. The molecule has 2 amide bonds. The van der Waals surface area contributed by atoms with Crippen LogP contribution < -0.4 is 26.0 Å². The van der Waals surface area contributed by atoms with Crippen molar-refractivity contribution in [3.63, 3.8) is 0 Å². The Morgan fingerprint density at radius 1 is 1.30 bits per heavy atom. The Bertz CT molecular complexity index is 734. The first-order chi connectivity index (χ1) is 15.6. The van der Waals surface area contributed by atoms with Crippen molar-refractivity contribution in [1.82, 2.24) is 25.8 Å². The van der Waals surface area contributed by atoms with Gasteiger partial charge in [-0.2, -0.15) is 0 Å². The Balaban J connectivity index is 2.04. The zero-order chi connectivity index (χ0) is 24.4. The summed E-state index contributed by atoms with van der Waals surface area (Å²) in [5.41, 5.74) is 0.205. The van der Waals surface area contributed by atoms with Crippen molar-refractivity contribution in [2.24, 2.45) is 0 Å². The van der Waals surface area contributed by atoms with Crippen molar-refractivity contribution < 1.29 is 22.7 Å². The number of carbonyl (C=O) groups is 1. The predicted molar refractivity (Wildman–Crippen MR) is 123 cm³/mol. The second-order valence-electron chi connectivity index (χ2n) is 8.60. The number of unbranched alkanes of at least 4 members (excludes halogenated alkanes) is 2. The molecule has 11 heteroatoms. The number of rotatable bonds is 11. The molecule has 4 N–H and O–H groups in total. The van der Waals surface area contributed by atoms with Gasteiger partial charge in [0, 0.05) is 37.4 Å². The maximum atomic E-state index is 12.7. The topological polar surface area (TPSA) is 80.9 Å². The molecule has 1 heterocycles. The second kappa shape index (κ2) is 13.0. The molecule has 0 aliphatic carbocycles. The number of amides is 2. The molecular weight excluding hydrogens is 437 g/mol. The third-order valence-corrected chi connectivity index (χ3v) is 5.30. The van der Waals surface area contributed by atoms with Crippen LogP contribution in [0.5, 0.6) is 5.75 Å². The Kier molecular flexibility index (Phi) is 10.7. The van der Waals surface area contributed by atoms with E-state index in [1.165, 1.54) is 18.2 Å². The van der Waals surface area contributed by atoms with E-state index in [0.29, 0.717) is 0 Å². The van der Waals surface area contributed by atoms with E-state index in [4.69, 9.17) is 0 Å². The van der Waals surface area contributed by atoms with E-state index in [1.807, 2.05) is 14.1 Å². The highest BCUT2D eigenvalue weighted by Gasteiger charge is 2.34. The molecule has 0 aromatic heterocycles. The average molecular weight is 475 g/mol. The van der Waals surface area contributed by atoms with Gasteiger partial charge < -0.3 is 25.6 Å². The van der Waals surface area contributed by atoms with Crippen LogP contribution in [0.1, 0.15) is 39.5 Å². The number of nitrogens with zero attached hydrogens (tertiary/aromatic N) is 2. The highest BCUT2D eigenvalue weighted by atomic mass is 19.4. The van der Waals surface area contributed by atoms with Gasteiger partial charge in [0.05, 0.1) is 6.17 Å². The molecule has 1 fully saturated rings. The standard InChI is InChI=1S/C22H37F3N6O2/c1-5-6-7-12-31-19(26-11-13-30(3)4)14-16(2)27-20(31)29-21(32)28-17-9-8-10-18(15-17)33-22(23,24)25/h8-10,15-16,19-20,26-27H,5-7,11-14H2,1-4H3,(H2,28,29,32). The van der Waals surface area contributed by atoms with E-state index in [1.54, 1.807) is 0 Å². The van der Waals surface area contributed by atoms with Gasteiger partial charge in [-0.25, -0.2) is 4.79 Å². The number of nitrogens with one attached hydrogen (secondary N) is 4. The number of benzene rings is 1. The zero-order valence-corrected chi connectivity index (χ0v) is 19.8. The van der Waals surface area contributed by atoms with Gasteiger partial charge in [-0.05, 0) is 46.0 Å². The summed E-state index contributed by atoms with van der Waals surface area (Å²) in [7, 11) is 4.05. The molecule has 3 unspecified atom stereocenters. The van der Waals surface area contributed by atoms with E-state index in [-0.39, 0.29) is 17.9 Å². The van der Waals surface area contributed by atoms with Crippen LogP contribution in [0, 0.1) is 0 Å². The molecule has 0 bridgehead atoms. The average Bonchev–Trinajstić information content (AvgIpc) is 2.68. The molecule has 8 nitrogen and oxygen atoms in total. The molecule has 1 aliphatic rings. The van der Waals surface area contributed by atoms with Crippen LogP contribution in [0.15, 0.2) is 24.3 Å². The van der Waals surface area contributed by atoms with Gasteiger partial charge in [0.15, 0.2) is 0 Å². The normalized spacial score (nSPS) is 21.8. The van der Waals surface area contributed by atoms with Crippen LogP contribution in [-0.2, 0) is 0 Å². The molecule has 0 saturated carbocycles. The summed E-state index contributed by atoms with van der Waals surface area (Å²) in [4.78, 5) is 17.0. The van der Waals surface area contributed by atoms with Crippen LogP contribution >= 0.6 is 0 Å². The van der Waals surface area contributed by atoms with Crippen LogP contribution in [0.2, 0.25) is 0 Å². The fourth-order valence-corrected chi connectivity index (χ4v) is 3.76. The molecule has 1 aliphatic heterocycles. The van der Waals surface area contributed by atoms with Crippen molar-refractivity contribution in [3.05, 3.63) is 24.3 Å². The third-order valence-electron chi connectivity index (χ3n) is 5.30. The van der Waals surface area contributed by atoms with Crippen LogP contribution in [0.4, 0.5) is 23.7 Å². The van der Waals surface area contributed by atoms with Gasteiger partial charge in [-0.15, -0.1) is 13.2 Å². The zero-order valence-electron chi connectivity index (χ0n) is 19.8. The quantitative estimate of drug-likeness (QED) is 0.369. The lowest BCUT2D eigenvalue weighted by molar-refractivity contribution is -0.274. The highest BCUT2D eigenvalue weighted by Crippen LogP contribution is 2.25. The number of ether oxygens (including phenoxy) is 1. The maximum Gasteiger partial charge on any atom is 0.573 e. The molecule has 33 heavy (non-hydrogen) atoms. The van der Waals surface area contributed by atoms with Gasteiger partial charge in [-0.3, -0.25) is 10.2 Å². The molecule has 0 radical (unpaired) electrons. The first kappa shape index (κ1) is 27.2. The molecule has 0 spiro atoms. The summed E-state index contributed by atoms with van der Waals surface area (Å²) in [6, 6.07) is 4.86. The second-order valence-corrected chi connectivity index (χ2v) is 8.60. The number of carbonyl (C=O) groups excluding carboxylic acids is 1. The number of halogens is 3. The van der Waals surface area contributed by atoms with Crippen molar-refractivity contribution >= 4 is 11.7 Å². The molecule has 1 aromatic rings. The van der Waals surface area contributed by atoms with Gasteiger partial charge in [0.2, 0.25) is 0 Å². The Hall–Kier alpha value is -2.08. The van der Waals surface area contributed by atoms with Gasteiger partial charge in [0.25, 0.3) is 0 Å². The SMILES string of the molecule is CCCCCN1C(NCCN(C)C)CC(C)NC1NC(=O)Nc1cccc(OC(F)(F)F)c1. The lowest BCUT2D eigenvalue weighted by Crippen LogP contribution is -2.69. The monoisotopic (exact) mass is 474 g/mol. The number of likely N-dealkylation sites (N-methyl/N-ethyl adjacent to an activating group) is 1. The lowest BCUT2D eigenvalue weighted by atomic mass is 10.1. The number of urea groups is 1. The number of hydrogen-bond acceptors (Lipinski definition) is 6. The smallest absolute Gasteiger partial charge is 0.406 e. The largest absolute Gasteiger partial charge is 0.573 e. The Labute approximate surface area is 194 Å². The van der Waals surface area contributed by atoms with E-state index in [0.717, 1.165) is 51.4 Å². The third kappa shape index (κ3) is 10.2. The highest BCUT2D eigenvalue weighted by molar-refractivity contribution is 5.89. The summed E-state index contributed by atoms with van der Waals surface area (Å²) in [5.74, 6) is -0.393. The summed E-state index contributed by atoms with van der Waals surface area (Å²) in [6.07, 6.45) is -1.07. The van der Waals surface area contributed by atoms with Crippen molar-refractivity contribution in [1.29, 1.82) is 0 Å². The van der Waals surface area contributed by atoms with Crippen LogP contribution in [0.3, 0.4) is 0 Å². The molecule has 3 atom stereocenters. The first-order valence-electron chi connectivity index (χ1n) is 11.4. The summed E-state index contributed by atoms with van der Waals surface area (Å²) in [5, 5.41) is 12.5. The summed E-state index contributed by atoms with van der Waals surface area (Å²) in [6.45, 7) is 6.72. The van der Waals surface area contributed by atoms with Gasteiger partial charge >= 0.3 is 12.4 Å². The minimum absolute atomic E-state index is 0.0897. The minimum Gasteiger partial charge on any atom is -0.406 e. The van der Waals surface area contributed by atoms with Crippen molar-refractivity contribution in [2.45, 2.75) is 64.4 Å². The van der Waals surface area contributed by atoms with Crippen molar-refractivity contribution in [2.75, 3.05) is 39.0 Å². The number of anilines is 1. The molecular formula is C22H37F3N6O2. The van der Waals surface area contributed by atoms with Gasteiger partial charge in [0.1, 0.15) is 12.0 Å². The van der Waals surface area contributed by atoms with E-state index < -0.39 is 24.4 Å². The van der Waals surface area contributed by atoms with Crippen LogP contribution in [-0.4, -0.2) is 74.4 Å². The molecule has 2 rings (SSSR count). The van der Waals surface area contributed by atoms with Gasteiger partial charge in [-0.1, -0.05) is 25.8 Å². The maximum absolute atomic E-state index is 12.7. The lowest BCUT2D eigenvalue weighted by Gasteiger charge is -2.45. The fraction of sp³-hybridized carbons (Fsp3) is 0.682. The Morgan fingerprint density at radius 2 is 2.06 bits per heavy atom. The molecule has 1 saturated heterocycles.